The van der Waals surface area contributed by atoms with Gasteiger partial charge in [-0.05, 0) is 31.5 Å². The molecule has 1 aromatic rings. The second-order valence-electron chi connectivity index (χ2n) is 3.78. The van der Waals surface area contributed by atoms with Gasteiger partial charge in [-0.15, -0.1) is 0 Å². The number of rotatable bonds is 5. The Morgan fingerprint density at radius 1 is 1.59 bits per heavy atom. The molecule has 1 amide bonds. The molecule has 4 nitrogen and oxygen atoms in total. The average Bonchev–Trinajstić information content (AvgIpc) is 2.30. The Kier molecular flexibility index (Phi) is 4.28. The van der Waals surface area contributed by atoms with Crippen LogP contribution in [0.4, 0.5) is 0 Å². The fraction of sp³-hybridized carbons (Fsp3) is 0.333. The Morgan fingerprint density at radius 3 is 2.65 bits per heavy atom. The minimum atomic E-state index is -1.35. The van der Waals surface area contributed by atoms with Crippen molar-refractivity contribution >= 4 is 28.3 Å². The van der Waals surface area contributed by atoms with Crippen molar-refractivity contribution in [3.05, 3.63) is 34.3 Å². The minimum absolute atomic E-state index is 0.332. The lowest BCUT2D eigenvalue weighted by atomic mass is 9.90. The van der Waals surface area contributed by atoms with Crippen LogP contribution < -0.4 is 0 Å². The van der Waals surface area contributed by atoms with Gasteiger partial charge in [-0.3, -0.25) is 4.79 Å². The van der Waals surface area contributed by atoms with Crippen molar-refractivity contribution in [1.82, 2.24) is 4.90 Å². The normalized spacial score (nSPS) is 13.8. The molecule has 1 aromatic carbocycles. The fourth-order valence-corrected chi connectivity index (χ4v) is 2.10. The lowest BCUT2D eigenvalue weighted by Crippen LogP contribution is -2.49. The van der Waals surface area contributed by atoms with Gasteiger partial charge >= 0.3 is 5.97 Å². The molecule has 0 saturated carbocycles. The molecule has 0 spiro atoms. The smallest absolute Gasteiger partial charge is 0.334 e. The third-order valence-corrected chi connectivity index (χ3v) is 3.34. The van der Waals surface area contributed by atoms with Gasteiger partial charge in [-0.1, -0.05) is 28.1 Å². The molecule has 5 heteroatoms. The maximum atomic E-state index is 11.5. The average molecular weight is 300 g/mol. The molecule has 0 aliphatic heterocycles. The van der Waals surface area contributed by atoms with Crippen LogP contribution in [-0.4, -0.2) is 28.9 Å². The molecular formula is C12H14BrNO3. The van der Waals surface area contributed by atoms with Crippen molar-refractivity contribution < 1.29 is 14.7 Å². The van der Waals surface area contributed by atoms with Gasteiger partial charge in [0, 0.05) is 11.0 Å². The van der Waals surface area contributed by atoms with E-state index in [1.807, 2.05) is 6.07 Å². The number of hydrogen-bond acceptors (Lipinski definition) is 2. The summed E-state index contributed by atoms with van der Waals surface area (Å²) in [6.45, 7) is 3.60. The minimum Gasteiger partial charge on any atom is -0.479 e. The summed E-state index contributed by atoms with van der Waals surface area (Å²) in [5.74, 6) is -1.05. The molecule has 92 valence electrons. The third-order valence-electron chi connectivity index (χ3n) is 2.85. The molecule has 1 unspecified atom stereocenters. The Morgan fingerprint density at radius 2 is 2.24 bits per heavy atom. The van der Waals surface area contributed by atoms with Gasteiger partial charge in [0.05, 0.1) is 0 Å². The Hall–Kier alpha value is -1.36. The van der Waals surface area contributed by atoms with Crippen LogP contribution >= 0.6 is 15.9 Å². The van der Waals surface area contributed by atoms with Crippen molar-refractivity contribution in [3.63, 3.8) is 0 Å². The molecular weight excluding hydrogens is 286 g/mol. The van der Waals surface area contributed by atoms with Crippen molar-refractivity contribution in [2.75, 3.05) is 6.54 Å². The van der Waals surface area contributed by atoms with Gasteiger partial charge in [-0.2, -0.15) is 0 Å². The largest absolute Gasteiger partial charge is 0.479 e. The molecule has 0 saturated heterocycles. The van der Waals surface area contributed by atoms with E-state index in [9.17, 15) is 14.7 Å². The number of carboxylic acids is 1. The van der Waals surface area contributed by atoms with Crippen LogP contribution in [0.2, 0.25) is 0 Å². The number of aliphatic carboxylic acids is 1. The molecule has 0 bridgehead atoms. The number of halogens is 1. The highest BCUT2D eigenvalue weighted by molar-refractivity contribution is 9.10. The predicted molar refractivity (Wildman–Crippen MR) is 67.6 cm³/mol. The van der Waals surface area contributed by atoms with Crippen LogP contribution in [0.5, 0.6) is 0 Å². The summed E-state index contributed by atoms with van der Waals surface area (Å²) in [5.41, 5.74) is -0.784. The Labute approximate surface area is 108 Å². The highest BCUT2D eigenvalue weighted by atomic mass is 79.9. The van der Waals surface area contributed by atoms with Gasteiger partial charge in [0.2, 0.25) is 6.41 Å². The third kappa shape index (κ3) is 2.49. The SMILES string of the molecule is CCN(C=O)C(C)(C(=O)O)c1cccc(Br)c1. The van der Waals surface area contributed by atoms with Gasteiger partial charge in [-0.25, -0.2) is 4.79 Å². The van der Waals surface area contributed by atoms with E-state index in [0.29, 0.717) is 18.5 Å². The zero-order valence-corrected chi connectivity index (χ0v) is 11.3. The number of carboxylic acid groups (broad SMARTS) is 1. The number of carbonyl (C=O) groups excluding carboxylic acids is 1. The molecule has 0 aromatic heterocycles. The number of carbonyl (C=O) groups is 2. The van der Waals surface area contributed by atoms with Gasteiger partial charge in [0.1, 0.15) is 0 Å². The number of amides is 1. The Balaban J connectivity index is 3.34. The number of likely N-dealkylation sites (N-methyl/N-ethyl adjacent to an activating group) is 1. The van der Waals surface area contributed by atoms with E-state index in [1.165, 1.54) is 11.8 Å². The standard InChI is InChI=1S/C12H14BrNO3/c1-3-14(8-15)12(2,11(16)17)9-5-4-6-10(13)7-9/h4-8H,3H2,1-2H3,(H,16,17). The topological polar surface area (TPSA) is 57.6 Å². The Bertz CT molecular complexity index is 436. The van der Waals surface area contributed by atoms with E-state index in [4.69, 9.17) is 0 Å². The first-order valence-corrected chi connectivity index (χ1v) is 5.97. The van der Waals surface area contributed by atoms with Crippen LogP contribution in [-0.2, 0) is 15.1 Å². The zero-order valence-electron chi connectivity index (χ0n) is 9.68. The van der Waals surface area contributed by atoms with Gasteiger partial charge in [0.25, 0.3) is 0 Å². The summed E-state index contributed by atoms with van der Waals surface area (Å²) >= 11 is 3.30. The maximum absolute atomic E-state index is 11.5. The number of nitrogens with zero attached hydrogens (tertiary/aromatic N) is 1. The van der Waals surface area contributed by atoms with Crippen LogP contribution in [0.3, 0.4) is 0 Å². The van der Waals surface area contributed by atoms with Crippen LogP contribution in [0, 0.1) is 0 Å². The molecule has 0 radical (unpaired) electrons. The lowest BCUT2D eigenvalue weighted by molar-refractivity contribution is -0.154. The first-order chi connectivity index (χ1) is 7.96. The van der Waals surface area contributed by atoms with Crippen molar-refractivity contribution in [2.45, 2.75) is 19.4 Å². The summed E-state index contributed by atoms with van der Waals surface area (Å²) in [7, 11) is 0. The van der Waals surface area contributed by atoms with E-state index in [1.54, 1.807) is 25.1 Å². The lowest BCUT2D eigenvalue weighted by Gasteiger charge is -2.34. The zero-order chi connectivity index (χ0) is 13.1. The second kappa shape index (κ2) is 5.31. The molecule has 0 aliphatic rings. The van der Waals surface area contributed by atoms with E-state index in [0.717, 1.165) is 4.47 Å². The molecule has 0 heterocycles. The monoisotopic (exact) mass is 299 g/mol. The highest BCUT2D eigenvalue weighted by Gasteiger charge is 2.40. The van der Waals surface area contributed by atoms with Gasteiger partial charge < -0.3 is 10.0 Å². The molecule has 1 rings (SSSR count). The first kappa shape index (κ1) is 13.7. The van der Waals surface area contributed by atoms with Crippen LogP contribution in [0.15, 0.2) is 28.7 Å². The maximum Gasteiger partial charge on any atom is 0.334 e. The fourth-order valence-electron chi connectivity index (χ4n) is 1.70. The van der Waals surface area contributed by atoms with Crippen LogP contribution in [0.25, 0.3) is 0 Å². The molecule has 1 N–H and O–H groups in total. The summed E-state index contributed by atoms with van der Waals surface area (Å²) < 4.78 is 0.782. The first-order valence-electron chi connectivity index (χ1n) is 5.18. The van der Waals surface area contributed by atoms with E-state index in [-0.39, 0.29) is 0 Å². The predicted octanol–water partition coefficient (Wildman–Crippen LogP) is 2.23. The van der Waals surface area contributed by atoms with Crippen molar-refractivity contribution in [3.8, 4) is 0 Å². The highest BCUT2D eigenvalue weighted by Crippen LogP contribution is 2.29. The summed E-state index contributed by atoms with van der Waals surface area (Å²) in [5, 5.41) is 9.39. The van der Waals surface area contributed by atoms with Crippen molar-refractivity contribution in [1.29, 1.82) is 0 Å². The summed E-state index contributed by atoms with van der Waals surface area (Å²) in [6, 6.07) is 6.97. The second-order valence-corrected chi connectivity index (χ2v) is 4.69. The van der Waals surface area contributed by atoms with E-state index >= 15 is 0 Å². The number of hydrogen-bond donors (Lipinski definition) is 1. The summed E-state index contributed by atoms with van der Waals surface area (Å²) in [6.07, 6.45) is 0.565. The summed E-state index contributed by atoms with van der Waals surface area (Å²) in [4.78, 5) is 23.7. The molecule has 0 fully saturated rings. The quantitative estimate of drug-likeness (QED) is 0.848. The van der Waals surface area contributed by atoms with E-state index in [2.05, 4.69) is 15.9 Å². The number of benzene rings is 1. The molecule has 17 heavy (non-hydrogen) atoms. The molecule has 1 atom stereocenters. The van der Waals surface area contributed by atoms with Crippen LogP contribution in [0.1, 0.15) is 19.4 Å². The van der Waals surface area contributed by atoms with E-state index < -0.39 is 11.5 Å². The molecule has 0 aliphatic carbocycles. The van der Waals surface area contributed by atoms with Crippen molar-refractivity contribution in [2.24, 2.45) is 0 Å². The van der Waals surface area contributed by atoms with Gasteiger partial charge in [0.15, 0.2) is 5.54 Å².